The Hall–Kier alpha value is -2.53. The van der Waals surface area contributed by atoms with Gasteiger partial charge >= 0.3 is 0 Å². The van der Waals surface area contributed by atoms with E-state index >= 15 is 0 Å². The lowest BCUT2D eigenvalue weighted by Crippen LogP contribution is -2.14. The maximum atomic E-state index is 12.5. The fourth-order valence-corrected chi connectivity index (χ4v) is 3.22. The zero-order valence-corrected chi connectivity index (χ0v) is 17.7. The Morgan fingerprint density at radius 2 is 1.93 bits per heavy atom. The molecule has 0 atom stereocenters. The molecule has 0 unspecified atom stereocenters. The summed E-state index contributed by atoms with van der Waals surface area (Å²) in [4.78, 5) is 12.5. The summed E-state index contributed by atoms with van der Waals surface area (Å²) >= 11 is 2.16. The van der Waals surface area contributed by atoms with Crippen molar-refractivity contribution in [1.82, 2.24) is 0 Å². The second-order valence-electron chi connectivity index (χ2n) is 5.63. The molecule has 0 spiro atoms. The molecule has 0 aliphatic rings. The molecular formula is C21H21IN2O3. The van der Waals surface area contributed by atoms with E-state index in [0.29, 0.717) is 36.0 Å². The number of anilines is 1. The number of nitrogens with zero attached hydrogens (tertiary/aromatic N) is 1. The van der Waals surface area contributed by atoms with Crippen LogP contribution in [0.2, 0.25) is 0 Å². The number of hydrogen-bond acceptors (Lipinski definition) is 4. The number of nitrogens with one attached hydrogen (secondary N) is 1. The van der Waals surface area contributed by atoms with Gasteiger partial charge in [-0.3, -0.25) is 4.79 Å². The van der Waals surface area contributed by atoms with Crippen molar-refractivity contribution in [2.45, 2.75) is 20.8 Å². The van der Waals surface area contributed by atoms with Gasteiger partial charge in [-0.2, -0.15) is 5.26 Å². The number of aryl methyl sites for hydroxylation is 1. The third-order valence-electron chi connectivity index (χ3n) is 3.69. The SMILES string of the molecule is CCOc1cc(/C=C(/C#N)C(=O)Nc2ccccc2C)cc(I)c1OCC. The highest BCUT2D eigenvalue weighted by molar-refractivity contribution is 14.1. The predicted octanol–water partition coefficient (Wildman–Crippen LogP) is 4.94. The van der Waals surface area contributed by atoms with E-state index in [-0.39, 0.29) is 5.57 Å². The molecule has 1 amide bonds. The standard InChI is InChI=1S/C21H21IN2O3/c1-4-26-19-12-15(11-17(22)20(19)27-5-2)10-16(13-23)21(25)24-18-9-7-6-8-14(18)3/h6-12H,4-5H2,1-3H3,(H,24,25)/b16-10-. The summed E-state index contributed by atoms with van der Waals surface area (Å²) in [6.07, 6.45) is 1.55. The molecule has 27 heavy (non-hydrogen) atoms. The van der Waals surface area contributed by atoms with Gasteiger partial charge in [0, 0.05) is 5.69 Å². The first-order valence-corrected chi connectivity index (χ1v) is 9.65. The summed E-state index contributed by atoms with van der Waals surface area (Å²) in [5.41, 5.74) is 2.32. The van der Waals surface area contributed by atoms with Crippen LogP contribution in [0.5, 0.6) is 11.5 Å². The van der Waals surface area contributed by atoms with Gasteiger partial charge in [-0.15, -0.1) is 0 Å². The van der Waals surface area contributed by atoms with Crippen LogP contribution in [0.3, 0.4) is 0 Å². The van der Waals surface area contributed by atoms with Crippen LogP contribution in [0, 0.1) is 21.8 Å². The number of halogens is 1. The highest BCUT2D eigenvalue weighted by atomic mass is 127. The van der Waals surface area contributed by atoms with Crippen LogP contribution < -0.4 is 14.8 Å². The van der Waals surface area contributed by atoms with Crippen LogP contribution in [0.1, 0.15) is 25.0 Å². The summed E-state index contributed by atoms with van der Waals surface area (Å²) in [6.45, 7) is 6.70. The Labute approximate surface area is 173 Å². The molecule has 0 heterocycles. The topological polar surface area (TPSA) is 71.3 Å². The van der Waals surface area contributed by atoms with E-state index in [4.69, 9.17) is 9.47 Å². The van der Waals surface area contributed by atoms with Gasteiger partial charge in [-0.05, 0) is 78.8 Å². The van der Waals surface area contributed by atoms with Crippen LogP contribution in [0.4, 0.5) is 5.69 Å². The lowest BCUT2D eigenvalue weighted by molar-refractivity contribution is -0.112. The molecule has 0 aliphatic carbocycles. The molecule has 0 saturated heterocycles. The number of ether oxygens (including phenoxy) is 2. The molecule has 1 N–H and O–H groups in total. The third kappa shape index (κ3) is 5.47. The van der Waals surface area contributed by atoms with Crippen LogP contribution >= 0.6 is 22.6 Å². The zero-order chi connectivity index (χ0) is 19.8. The molecular weight excluding hydrogens is 455 g/mol. The van der Waals surface area contributed by atoms with Crippen molar-refractivity contribution in [3.8, 4) is 17.6 Å². The summed E-state index contributed by atoms with van der Waals surface area (Å²) in [5.74, 6) is 0.808. The second-order valence-corrected chi connectivity index (χ2v) is 6.80. The minimum atomic E-state index is -0.450. The summed E-state index contributed by atoms with van der Waals surface area (Å²) in [5, 5.41) is 12.2. The van der Waals surface area contributed by atoms with Gasteiger partial charge < -0.3 is 14.8 Å². The first kappa shape index (κ1) is 20.8. The Bertz CT molecular complexity index is 901. The van der Waals surface area contributed by atoms with Gasteiger partial charge in [0.05, 0.1) is 16.8 Å². The normalized spacial score (nSPS) is 10.9. The van der Waals surface area contributed by atoms with E-state index in [1.54, 1.807) is 18.2 Å². The monoisotopic (exact) mass is 476 g/mol. The largest absolute Gasteiger partial charge is 0.490 e. The van der Waals surface area contributed by atoms with Crippen molar-refractivity contribution in [3.63, 3.8) is 0 Å². The quantitative estimate of drug-likeness (QED) is 0.349. The van der Waals surface area contributed by atoms with Crippen molar-refractivity contribution in [1.29, 1.82) is 5.26 Å². The molecule has 0 aromatic heterocycles. The van der Waals surface area contributed by atoms with E-state index in [0.717, 1.165) is 9.13 Å². The van der Waals surface area contributed by atoms with E-state index in [1.165, 1.54) is 0 Å². The summed E-state index contributed by atoms with van der Waals surface area (Å²) in [7, 11) is 0. The number of benzene rings is 2. The molecule has 0 bridgehead atoms. The lowest BCUT2D eigenvalue weighted by atomic mass is 10.1. The second kappa shape index (κ2) is 9.97. The molecule has 0 fully saturated rings. The fourth-order valence-electron chi connectivity index (χ4n) is 2.44. The van der Waals surface area contributed by atoms with Crippen molar-refractivity contribution in [3.05, 3.63) is 56.7 Å². The molecule has 6 heteroatoms. The average Bonchev–Trinajstić information content (AvgIpc) is 2.64. The van der Waals surface area contributed by atoms with Crippen molar-refractivity contribution in [2.24, 2.45) is 0 Å². The van der Waals surface area contributed by atoms with Crippen molar-refractivity contribution >= 4 is 40.3 Å². The highest BCUT2D eigenvalue weighted by Crippen LogP contribution is 2.35. The number of rotatable bonds is 7. The molecule has 0 aliphatic heterocycles. The number of hydrogen-bond donors (Lipinski definition) is 1. The molecule has 2 aromatic rings. The zero-order valence-electron chi connectivity index (χ0n) is 15.5. The molecule has 5 nitrogen and oxygen atoms in total. The number of carbonyl (C=O) groups is 1. The smallest absolute Gasteiger partial charge is 0.266 e. The van der Waals surface area contributed by atoms with Crippen LogP contribution in [-0.2, 0) is 4.79 Å². The molecule has 140 valence electrons. The van der Waals surface area contributed by atoms with Crippen molar-refractivity contribution < 1.29 is 14.3 Å². The Morgan fingerprint density at radius 3 is 2.56 bits per heavy atom. The molecule has 0 saturated carbocycles. The number of carbonyl (C=O) groups excluding carboxylic acids is 1. The first-order chi connectivity index (χ1) is 13.0. The predicted molar refractivity (Wildman–Crippen MR) is 115 cm³/mol. The minimum absolute atomic E-state index is 0.0145. The van der Waals surface area contributed by atoms with E-state index in [2.05, 4.69) is 27.9 Å². The van der Waals surface area contributed by atoms with E-state index in [1.807, 2.05) is 51.1 Å². The fraction of sp³-hybridized carbons (Fsp3) is 0.238. The van der Waals surface area contributed by atoms with Crippen molar-refractivity contribution in [2.75, 3.05) is 18.5 Å². The van der Waals surface area contributed by atoms with Gasteiger partial charge in [0.1, 0.15) is 11.6 Å². The Balaban J connectivity index is 2.35. The summed E-state index contributed by atoms with van der Waals surface area (Å²) in [6, 6.07) is 13.0. The maximum Gasteiger partial charge on any atom is 0.266 e. The van der Waals surface area contributed by atoms with Gasteiger partial charge in [0.25, 0.3) is 5.91 Å². The van der Waals surface area contributed by atoms with E-state index < -0.39 is 5.91 Å². The third-order valence-corrected chi connectivity index (χ3v) is 4.49. The van der Waals surface area contributed by atoms with Gasteiger partial charge in [-0.25, -0.2) is 0 Å². The average molecular weight is 476 g/mol. The number of amides is 1. The molecule has 2 rings (SSSR count). The summed E-state index contributed by atoms with van der Waals surface area (Å²) < 4.78 is 12.2. The molecule has 0 radical (unpaired) electrons. The first-order valence-electron chi connectivity index (χ1n) is 8.58. The van der Waals surface area contributed by atoms with E-state index in [9.17, 15) is 10.1 Å². The molecule has 2 aromatic carbocycles. The lowest BCUT2D eigenvalue weighted by Gasteiger charge is -2.14. The Kier molecular flexibility index (Phi) is 7.67. The highest BCUT2D eigenvalue weighted by Gasteiger charge is 2.14. The maximum absolute atomic E-state index is 12.5. The number of nitriles is 1. The van der Waals surface area contributed by atoms with Crippen LogP contribution in [0.15, 0.2) is 42.0 Å². The number of para-hydroxylation sites is 1. The van der Waals surface area contributed by atoms with Gasteiger partial charge in [0.15, 0.2) is 11.5 Å². The van der Waals surface area contributed by atoms with Gasteiger partial charge in [0.2, 0.25) is 0 Å². The van der Waals surface area contributed by atoms with Crippen LogP contribution in [0.25, 0.3) is 6.08 Å². The Morgan fingerprint density at radius 1 is 1.22 bits per heavy atom. The van der Waals surface area contributed by atoms with Gasteiger partial charge in [-0.1, -0.05) is 18.2 Å². The minimum Gasteiger partial charge on any atom is -0.490 e. The van der Waals surface area contributed by atoms with Crippen LogP contribution in [-0.4, -0.2) is 19.1 Å².